The van der Waals surface area contributed by atoms with E-state index in [0.29, 0.717) is 11.5 Å². The number of nitrogens with zero attached hydrogens (tertiary/aromatic N) is 3. The minimum Gasteiger partial charge on any atom is -0.378 e. The number of anilines is 3. The lowest BCUT2D eigenvalue weighted by atomic mass is 10.2. The van der Waals surface area contributed by atoms with Crippen LogP contribution >= 0.6 is 11.3 Å². The lowest BCUT2D eigenvalue weighted by Crippen LogP contribution is -2.01. The molecule has 3 aromatic rings. The third-order valence-corrected chi connectivity index (χ3v) is 3.85. The van der Waals surface area contributed by atoms with Gasteiger partial charge in [0.1, 0.15) is 0 Å². The van der Waals surface area contributed by atoms with Gasteiger partial charge in [-0.1, -0.05) is 6.07 Å². The highest BCUT2D eigenvalue weighted by molar-refractivity contribution is 7.09. The normalized spacial score (nSPS) is 9.95. The van der Waals surface area contributed by atoms with Gasteiger partial charge in [-0.3, -0.25) is 0 Å². The van der Waals surface area contributed by atoms with Crippen molar-refractivity contribution in [2.24, 2.45) is 0 Å². The zero-order valence-corrected chi connectivity index (χ0v) is 12.5. The standard InChI is InChI=1S/C16H13N5S/c17-8-12-3-5-13(6-4-12)21-16-19-9-14(10-20-16)18-11-15-2-1-7-22-15/h1-7,9-10,18H,11H2,(H,19,20,21). The molecule has 0 aliphatic rings. The highest BCUT2D eigenvalue weighted by Crippen LogP contribution is 2.15. The molecule has 0 bridgehead atoms. The van der Waals surface area contributed by atoms with Gasteiger partial charge in [-0.05, 0) is 35.7 Å². The van der Waals surface area contributed by atoms with Gasteiger partial charge >= 0.3 is 0 Å². The van der Waals surface area contributed by atoms with E-state index in [4.69, 9.17) is 5.26 Å². The first kappa shape index (κ1) is 14.0. The topological polar surface area (TPSA) is 73.6 Å². The number of hydrogen-bond acceptors (Lipinski definition) is 6. The van der Waals surface area contributed by atoms with Crippen LogP contribution in [0.3, 0.4) is 0 Å². The number of aromatic nitrogens is 2. The average molecular weight is 307 g/mol. The molecule has 0 fully saturated rings. The van der Waals surface area contributed by atoms with Gasteiger partial charge in [0.15, 0.2) is 0 Å². The summed E-state index contributed by atoms with van der Waals surface area (Å²) in [6.07, 6.45) is 3.49. The second kappa shape index (κ2) is 6.70. The SMILES string of the molecule is N#Cc1ccc(Nc2ncc(NCc3cccs3)cn2)cc1. The van der Waals surface area contributed by atoms with Crippen molar-refractivity contribution < 1.29 is 0 Å². The van der Waals surface area contributed by atoms with Crippen LogP contribution in [0.4, 0.5) is 17.3 Å². The highest BCUT2D eigenvalue weighted by atomic mass is 32.1. The molecule has 3 rings (SSSR count). The van der Waals surface area contributed by atoms with Gasteiger partial charge in [0.05, 0.1) is 29.7 Å². The summed E-state index contributed by atoms with van der Waals surface area (Å²) >= 11 is 1.71. The summed E-state index contributed by atoms with van der Waals surface area (Å²) in [6.45, 7) is 0.767. The van der Waals surface area contributed by atoms with Crippen molar-refractivity contribution in [1.82, 2.24) is 9.97 Å². The van der Waals surface area contributed by atoms with Gasteiger partial charge in [0.25, 0.3) is 0 Å². The van der Waals surface area contributed by atoms with Crippen LogP contribution in [0.2, 0.25) is 0 Å². The molecule has 2 N–H and O–H groups in total. The van der Waals surface area contributed by atoms with Crippen LogP contribution in [-0.4, -0.2) is 9.97 Å². The average Bonchev–Trinajstić information content (AvgIpc) is 3.08. The Morgan fingerprint density at radius 2 is 1.82 bits per heavy atom. The Bertz CT molecular complexity index is 758. The summed E-state index contributed by atoms with van der Waals surface area (Å²) in [4.78, 5) is 9.80. The molecule has 1 aromatic carbocycles. The zero-order chi connectivity index (χ0) is 15.2. The van der Waals surface area contributed by atoms with Gasteiger partial charge in [0.2, 0.25) is 5.95 Å². The first-order chi connectivity index (χ1) is 10.8. The third-order valence-electron chi connectivity index (χ3n) is 2.97. The zero-order valence-electron chi connectivity index (χ0n) is 11.7. The maximum absolute atomic E-state index is 8.77. The Labute approximate surface area is 132 Å². The monoisotopic (exact) mass is 307 g/mol. The molecular weight excluding hydrogens is 294 g/mol. The molecule has 0 aliphatic carbocycles. The lowest BCUT2D eigenvalue weighted by Gasteiger charge is -2.07. The van der Waals surface area contributed by atoms with Gasteiger partial charge in [0, 0.05) is 17.1 Å². The predicted octanol–water partition coefficient (Wildman–Crippen LogP) is 3.77. The number of benzene rings is 1. The summed E-state index contributed by atoms with van der Waals surface area (Å²) in [7, 11) is 0. The van der Waals surface area contributed by atoms with Gasteiger partial charge in [-0.2, -0.15) is 5.26 Å². The van der Waals surface area contributed by atoms with Crippen molar-refractivity contribution in [3.8, 4) is 6.07 Å². The van der Waals surface area contributed by atoms with Crippen LogP contribution in [0.15, 0.2) is 54.2 Å². The minimum atomic E-state index is 0.520. The molecule has 0 aliphatic heterocycles. The van der Waals surface area contributed by atoms with E-state index >= 15 is 0 Å². The van der Waals surface area contributed by atoms with Crippen molar-refractivity contribution in [3.05, 3.63) is 64.6 Å². The quantitative estimate of drug-likeness (QED) is 0.750. The van der Waals surface area contributed by atoms with Crippen LogP contribution < -0.4 is 10.6 Å². The van der Waals surface area contributed by atoms with Crippen LogP contribution in [-0.2, 0) is 6.54 Å². The molecule has 0 spiro atoms. The van der Waals surface area contributed by atoms with Crippen LogP contribution in [0.1, 0.15) is 10.4 Å². The largest absolute Gasteiger partial charge is 0.378 e. The molecule has 2 heterocycles. The minimum absolute atomic E-state index is 0.520. The summed E-state index contributed by atoms with van der Waals surface area (Å²) in [5.41, 5.74) is 2.34. The Morgan fingerprint density at radius 3 is 2.45 bits per heavy atom. The van der Waals surface area contributed by atoms with E-state index in [-0.39, 0.29) is 0 Å². The molecular formula is C16H13N5S. The summed E-state index contributed by atoms with van der Waals surface area (Å²) in [6, 6.07) is 13.3. The Morgan fingerprint density at radius 1 is 1.05 bits per heavy atom. The van der Waals surface area contributed by atoms with Gasteiger partial charge in [-0.15, -0.1) is 11.3 Å². The predicted molar refractivity (Wildman–Crippen MR) is 88.1 cm³/mol. The Balaban J connectivity index is 1.60. The van der Waals surface area contributed by atoms with E-state index in [1.165, 1.54) is 4.88 Å². The number of rotatable bonds is 5. The number of nitrogens with one attached hydrogen (secondary N) is 2. The molecule has 6 heteroatoms. The number of nitriles is 1. The Kier molecular flexibility index (Phi) is 4.27. The van der Waals surface area contributed by atoms with E-state index < -0.39 is 0 Å². The summed E-state index contributed by atoms with van der Waals surface area (Å²) in [5, 5.41) is 17.2. The van der Waals surface area contributed by atoms with Crippen molar-refractivity contribution in [2.45, 2.75) is 6.54 Å². The molecule has 108 valence electrons. The van der Waals surface area contributed by atoms with E-state index in [0.717, 1.165) is 17.9 Å². The molecule has 22 heavy (non-hydrogen) atoms. The molecule has 0 unspecified atom stereocenters. The maximum atomic E-state index is 8.77. The second-order valence-electron chi connectivity index (χ2n) is 4.54. The van der Waals surface area contributed by atoms with Gasteiger partial charge < -0.3 is 10.6 Å². The van der Waals surface area contributed by atoms with Crippen molar-refractivity contribution in [2.75, 3.05) is 10.6 Å². The molecule has 0 atom stereocenters. The molecule has 0 radical (unpaired) electrons. The van der Waals surface area contributed by atoms with Crippen molar-refractivity contribution in [3.63, 3.8) is 0 Å². The maximum Gasteiger partial charge on any atom is 0.227 e. The Hall–Kier alpha value is -2.91. The molecule has 0 saturated carbocycles. The third kappa shape index (κ3) is 3.59. The molecule has 0 saturated heterocycles. The van der Waals surface area contributed by atoms with Crippen LogP contribution in [0, 0.1) is 11.3 Å². The number of hydrogen-bond donors (Lipinski definition) is 2. The summed E-state index contributed by atoms with van der Waals surface area (Å²) < 4.78 is 0. The fraction of sp³-hybridized carbons (Fsp3) is 0.0625. The number of thiophene rings is 1. The smallest absolute Gasteiger partial charge is 0.227 e. The van der Waals surface area contributed by atoms with E-state index in [1.54, 1.807) is 35.9 Å². The fourth-order valence-corrected chi connectivity index (χ4v) is 2.49. The first-order valence-electron chi connectivity index (χ1n) is 6.69. The van der Waals surface area contributed by atoms with Crippen LogP contribution in [0.5, 0.6) is 0 Å². The highest BCUT2D eigenvalue weighted by Gasteiger charge is 2.00. The van der Waals surface area contributed by atoms with E-state index in [9.17, 15) is 0 Å². The molecule has 0 amide bonds. The molecule has 5 nitrogen and oxygen atoms in total. The van der Waals surface area contributed by atoms with Gasteiger partial charge in [-0.25, -0.2) is 9.97 Å². The second-order valence-corrected chi connectivity index (χ2v) is 5.57. The lowest BCUT2D eigenvalue weighted by molar-refractivity contribution is 1.12. The van der Waals surface area contributed by atoms with E-state index in [1.807, 2.05) is 18.2 Å². The molecule has 2 aromatic heterocycles. The summed E-state index contributed by atoms with van der Waals surface area (Å²) in [5.74, 6) is 0.520. The van der Waals surface area contributed by atoms with E-state index in [2.05, 4.69) is 38.1 Å². The first-order valence-corrected chi connectivity index (χ1v) is 7.57. The van der Waals surface area contributed by atoms with Crippen molar-refractivity contribution in [1.29, 1.82) is 5.26 Å². The fourth-order valence-electron chi connectivity index (χ4n) is 1.84. The van der Waals surface area contributed by atoms with Crippen LogP contribution in [0.25, 0.3) is 0 Å². The van der Waals surface area contributed by atoms with Crippen molar-refractivity contribution >= 4 is 28.7 Å².